The largest absolute Gasteiger partial charge is 0.506 e. The van der Waals surface area contributed by atoms with Crippen LogP contribution in [0, 0.1) is 19.8 Å². The van der Waals surface area contributed by atoms with Crippen molar-refractivity contribution in [2.24, 2.45) is 5.92 Å². The van der Waals surface area contributed by atoms with Crippen molar-refractivity contribution in [2.45, 2.75) is 64.9 Å². The van der Waals surface area contributed by atoms with Gasteiger partial charge in [0.1, 0.15) is 6.10 Å². The minimum atomic E-state index is -1.29. The number of hydrogen-bond acceptors (Lipinski definition) is 4. The highest BCUT2D eigenvalue weighted by Gasteiger charge is 2.38. The molecule has 204 valence electrons. The highest BCUT2D eigenvalue weighted by atomic mass is 35.5. The number of nitrogens with zero attached hydrogens (tertiary/aromatic N) is 2. The number of carbonyl (C=O) groups excluding carboxylic acids is 2. The van der Waals surface area contributed by atoms with Crippen molar-refractivity contribution in [1.82, 2.24) is 9.80 Å². The van der Waals surface area contributed by atoms with E-state index < -0.39 is 12.3 Å². The van der Waals surface area contributed by atoms with Crippen LogP contribution in [-0.2, 0) is 14.3 Å². The topological polar surface area (TPSA) is 87.2 Å². The van der Waals surface area contributed by atoms with Crippen molar-refractivity contribution < 1.29 is 24.2 Å². The maximum atomic E-state index is 14.1. The van der Waals surface area contributed by atoms with E-state index in [4.69, 9.17) is 21.4 Å². The van der Waals surface area contributed by atoms with Gasteiger partial charge in [-0.2, -0.15) is 0 Å². The third-order valence-corrected chi connectivity index (χ3v) is 8.16. The second kappa shape index (κ2) is 11.8. The average molecular weight is 541 g/mol. The zero-order valence-electron chi connectivity index (χ0n) is 22.6. The third-order valence-electron chi connectivity index (χ3n) is 7.93. The Morgan fingerprint density at radius 2 is 1.79 bits per heavy atom. The molecule has 0 radical (unpaired) electrons. The summed E-state index contributed by atoms with van der Waals surface area (Å²) in [5, 5.41) is 9.52. The molecule has 2 aromatic carbocycles. The molecular formula is C30H37ClN2O5. The van der Waals surface area contributed by atoms with Gasteiger partial charge in [-0.25, -0.2) is 4.79 Å². The number of carbonyl (C=O) groups is 3. The lowest BCUT2D eigenvalue weighted by molar-refractivity contribution is -0.142. The minimum Gasteiger partial charge on any atom is -0.450 e. The van der Waals surface area contributed by atoms with Gasteiger partial charge in [0.05, 0.1) is 12.5 Å². The number of benzene rings is 2. The molecule has 2 aromatic rings. The molecule has 2 atom stereocenters. The van der Waals surface area contributed by atoms with E-state index in [1.807, 2.05) is 24.3 Å². The van der Waals surface area contributed by atoms with E-state index in [2.05, 4.69) is 39.8 Å². The molecule has 1 saturated heterocycles. The molecule has 0 aromatic heterocycles. The van der Waals surface area contributed by atoms with Gasteiger partial charge in [0.15, 0.2) is 0 Å². The Hall–Kier alpha value is -3.06. The Morgan fingerprint density at radius 1 is 1.08 bits per heavy atom. The second-order valence-corrected chi connectivity index (χ2v) is 11.4. The maximum absolute atomic E-state index is 14.1. The Kier molecular flexibility index (Phi) is 8.66. The molecule has 2 aliphatic rings. The summed E-state index contributed by atoms with van der Waals surface area (Å²) >= 11 is 6.50. The van der Waals surface area contributed by atoms with E-state index >= 15 is 0 Å². The smallest absolute Gasteiger partial charge is 0.450 e. The van der Waals surface area contributed by atoms with Crippen LogP contribution in [-0.4, -0.2) is 65.2 Å². The van der Waals surface area contributed by atoms with Gasteiger partial charge in [-0.1, -0.05) is 49.7 Å². The van der Waals surface area contributed by atoms with Crippen molar-refractivity contribution in [3.8, 4) is 0 Å². The van der Waals surface area contributed by atoms with Crippen LogP contribution in [0.25, 0.3) is 0 Å². The van der Waals surface area contributed by atoms with E-state index in [9.17, 15) is 14.4 Å². The standard InChI is InChI=1S/C30H37ClN2O5/c1-18(2)14-26-24-9-8-21(31)15-25(24)27(23-7-5-6-19(3)20(23)4)16-33(29(26)35)17-28(34)32-12-10-22(11-13-32)38-30(36)37/h5-9,15,18,22,26-27H,10-14,16-17H2,1-4H3,(H,36,37). The van der Waals surface area contributed by atoms with Crippen LogP contribution >= 0.6 is 11.6 Å². The lowest BCUT2D eigenvalue weighted by Crippen LogP contribution is -2.48. The van der Waals surface area contributed by atoms with Crippen molar-refractivity contribution >= 4 is 29.6 Å². The van der Waals surface area contributed by atoms with E-state index in [0.29, 0.717) is 43.9 Å². The zero-order valence-corrected chi connectivity index (χ0v) is 23.3. The highest BCUT2D eigenvalue weighted by molar-refractivity contribution is 6.30. The Balaban J connectivity index is 1.67. The molecule has 0 aliphatic carbocycles. The van der Waals surface area contributed by atoms with Crippen LogP contribution in [0.2, 0.25) is 5.02 Å². The number of hydrogen-bond donors (Lipinski definition) is 1. The average Bonchev–Trinajstić information content (AvgIpc) is 2.96. The van der Waals surface area contributed by atoms with Gasteiger partial charge in [-0.05, 0) is 66.1 Å². The Bertz CT molecular complexity index is 1210. The summed E-state index contributed by atoms with van der Waals surface area (Å²) in [4.78, 5) is 41.8. The van der Waals surface area contributed by atoms with Gasteiger partial charge >= 0.3 is 6.16 Å². The summed E-state index contributed by atoms with van der Waals surface area (Å²) in [5.41, 5.74) is 5.52. The fourth-order valence-corrected chi connectivity index (χ4v) is 6.00. The summed E-state index contributed by atoms with van der Waals surface area (Å²) in [7, 11) is 0. The summed E-state index contributed by atoms with van der Waals surface area (Å²) in [6.07, 6.45) is -0.109. The van der Waals surface area contributed by atoms with Crippen LogP contribution < -0.4 is 0 Å². The van der Waals surface area contributed by atoms with Crippen molar-refractivity contribution in [2.75, 3.05) is 26.2 Å². The first-order chi connectivity index (χ1) is 18.0. The van der Waals surface area contributed by atoms with E-state index in [-0.39, 0.29) is 36.1 Å². The van der Waals surface area contributed by atoms with Gasteiger partial charge in [0.25, 0.3) is 0 Å². The quantitative estimate of drug-likeness (QED) is 0.472. The van der Waals surface area contributed by atoms with Crippen LogP contribution in [0.15, 0.2) is 36.4 Å². The molecule has 1 fully saturated rings. The normalized spacial score (nSPS) is 20.3. The number of piperidine rings is 1. The molecule has 2 unspecified atom stereocenters. The third kappa shape index (κ3) is 6.15. The van der Waals surface area contributed by atoms with Crippen LogP contribution in [0.4, 0.5) is 4.79 Å². The first-order valence-corrected chi connectivity index (χ1v) is 13.7. The zero-order chi connectivity index (χ0) is 27.6. The molecule has 0 saturated carbocycles. The summed E-state index contributed by atoms with van der Waals surface area (Å²) in [6, 6.07) is 12.1. The van der Waals surface area contributed by atoms with Crippen molar-refractivity contribution in [3.63, 3.8) is 0 Å². The summed E-state index contributed by atoms with van der Waals surface area (Å²) in [5.74, 6) is -0.353. The molecule has 0 bridgehead atoms. The molecule has 1 N–H and O–H groups in total. The Labute approximate surface area is 229 Å². The monoisotopic (exact) mass is 540 g/mol. The molecule has 2 heterocycles. The highest BCUT2D eigenvalue weighted by Crippen LogP contribution is 2.41. The summed E-state index contributed by atoms with van der Waals surface area (Å²) < 4.78 is 4.89. The number of amides is 2. The molecule has 38 heavy (non-hydrogen) atoms. The van der Waals surface area contributed by atoms with E-state index in [1.165, 1.54) is 11.1 Å². The van der Waals surface area contributed by atoms with Gasteiger partial charge in [0, 0.05) is 43.4 Å². The first kappa shape index (κ1) is 28.0. The molecule has 7 nitrogen and oxygen atoms in total. The van der Waals surface area contributed by atoms with Crippen molar-refractivity contribution in [3.05, 3.63) is 69.2 Å². The lowest BCUT2D eigenvalue weighted by Gasteiger charge is -2.34. The van der Waals surface area contributed by atoms with E-state index in [1.54, 1.807) is 9.80 Å². The predicted molar refractivity (Wildman–Crippen MR) is 147 cm³/mol. The summed E-state index contributed by atoms with van der Waals surface area (Å²) in [6.45, 7) is 9.58. The number of ether oxygens (including phenoxy) is 1. The number of rotatable bonds is 6. The molecule has 2 amide bonds. The molecule has 0 spiro atoms. The molecular weight excluding hydrogens is 504 g/mol. The number of likely N-dealkylation sites (tertiary alicyclic amines) is 1. The first-order valence-electron chi connectivity index (χ1n) is 13.4. The maximum Gasteiger partial charge on any atom is 0.506 e. The van der Waals surface area contributed by atoms with E-state index in [0.717, 1.165) is 16.7 Å². The van der Waals surface area contributed by atoms with Crippen LogP contribution in [0.5, 0.6) is 0 Å². The fourth-order valence-electron chi connectivity index (χ4n) is 5.81. The molecule has 4 rings (SSSR count). The lowest BCUT2D eigenvalue weighted by atomic mass is 9.81. The van der Waals surface area contributed by atoms with Crippen molar-refractivity contribution in [1.29, 1.82) is 0 Å². The Morgan fingerprint density at radius 3 is 2.45 bits per heavy atom. The molecule has 8 heteroatoms. The number of fused-ring (bicyclic) bond motifs is 1. The van der Waals surface area contributed by atoms with Crippen LogP contribution in [0.1, 0.15) is 72.8 Å². The van der Waals surface area contributed by atoms with Gasteiger partial charge in [-0.3, -0.25) is 9.59 Å². The second-order valence-electron chi connectivity index (χ2n) is 11.0. The van der Waals surface area contributed by atoms with Gasteiger partial charge in [0.2, 0.25) is 11.8 Å². The van der Waals surface area contributed by atoms with Gasteiger partial charge in [-0.15, -0.1) is 0 Å². The number of halogens is 1. The molecule has 2 aliphatic heterocycles. The fraction of sp³-hybridized carbons (Fsp3) is 0.500. The SMILES string of the molecule is Cc1cccc(C2CN(CC(=O)N3CCC(OC(=O)O)CC3)C(=O)C(CC(C)C)c3ccc(Cl)cc32)c1C. The van der Waals surface area contributed by atoms with Crippen LogP contribution in [0.3, 0.4) is 0 Å². The van der Waals surface area contributed by atoms with Gasteiger partial charge < -0.3 is 19.6 Å². The number of carboxylic acid groups (broad SMARTS) is 1. The number of aryl methyl sites for hydroxylation is 1. The minimum absolute atomic E-state index is 0.0129. The predicted octanol–water partition coefficient (Wildman–Crippen LogP) is 5.75.